The van der Waals surface area contributed by atoms with E-state index in [2.05, 4.69) is 13.8 Å². The topological polar surface area (TPSA) is 55.6 Å². The molecule has 0 saturated carbocycles. The van der Waals surface area contributed by atoms with Gasteiger partial charge < -0.3 is 15.4 Å². The molecular weight excluding hydrogens is 264 g/mol. The van der Waals surface area contributed by atoms with Crippen molar-refractivity contribution in [1.82, 2.24) is 4.90 Å². The minimum absolute atomic E-state index is 0.0375. The molecule has 1 aromatic carbocycles. The molecular formula is C17H28N2O2. The average Bonchev–Trinajstić information content (AvgIpc) is 2.44. The largest absolute Gasteiger partial charge is 0.484 e. The first-order valence-electron chi connectivity index (χ1n) is 7.42. The van der Waals surface area contributed by atoms with Gasteiger partial charge in [-0.2, -0.15) is 0 Å². The van der Waals surface area contributed by atoms with Crippen molar-refractivity contribution in [3.8, 4) is 5.75 Å². The van der Waals surface area contributed by atoms with E-state index in [0.29, 0.717) is 19.0 Å². The molecule has 1 rings (SSSR count). The van der Waals surface area contributed by atoms with Gasteiger partial charge in [-0.3, -0.25) is 4.79 Å². The molecule has 1 amide bonds. The summed E-state index contributed by atoms with van der Waals surface area (Å²) in [4.78, 5) is 13.7. The maximum Gasteiger partial charge on any atom is 0.260 e. The van der Waals surface area contributed by atoms with Gasteiger partial charge in [0.1, 0.15) is 5.75 Å². The summed E-state index contributed by atoms with van der Waals surface area (Å²) in [6.45, 7) is 9.60. The van der Waals surface area contributed by atoms with Gasteiger partial charge in [-0.05, 0) is 35.6 Å². The molecule has 0 aliphatic rings. The number of hydrogen-bond acceptors (Lipinski definition) is 3. The van der Waals surface area contributed by atoms with Crippen LogP contribution in [0.25, 0.3) is 0 Å². The number of carbonyl (C=O) groups excluding carboxylic acids is 1. The zero-order valence-electron chi connectivity index (χ0n) is 13.8. The van der Waals surface area contributed by atoms with Crippen LogP contribution in [0.5, 0.6) is 5.75 Å². The van der Waals surface area contributed by atoms with E-state index in [-0.39, 0.29) is 17.9 Å². The van der Waals surface area contributed by atoms with Crippen molar-refractivity contribution in [3.05, 3.63) is 29.8 Å². The van der Waals surface area contributed by atoms with E-state index in [0.717, 1.165) is 5.75 Å². The highest BCUT2D eigenvalue weighted by molar-refractivity contribution is 5.77. The monoisotopic (exact) mass is 292 g/mol. The third-order valence-electron chi connectivity index (χ3n) is 3.55. The van der Waals surface area contributed by atoms with E-state index in [4.69, 9.17) is 10.5 Å². The normalized spacial score (nSPS) is 11.6. The number of likely N-dealkylation sites (N-methyl/N-ethyl adjacent to an activating group) is 1. The van der Waals surface area contributed by atoms with E-state index in [1.54, 1.807) is 11.9 Å². The predicted octanol–water partition coefficient (Wildman–Crippen LogP) is 2.63. The molecule has 0 saturated heterocycles. The summed E-state index contributed by atoms with van der Waals surface area (Å²) < 4.78 is 5.55. The van der Waals surface area contributed by atoms with Crippen molar-refractivity contribution in [2.45, 2.75) is 33.6 Å². The smallest absolute Gasteiger partial charge is 0.260 e. The average molecular weight is 292 g/mol. The summed E-state index contributed by atoms with van der Waals surface area (Å²) >= 11 is 0. The molecule has 21 heavy (non-hydrogen) atoms. The van der Waals surface area contributed by atoms with Gasteiger partial charge in [-0.15, -0.1) is 0 Å². The molecule has 0 unspecified atom stereocenters. The molecule has 0 aliphatic heterocycles. The number of ether oxygens (including phenoxy) is 1. The summed E-state index contributed by atoms with van der Waals surface area (Å²) in [7, 11) is 1.78. The van der Waals surface area contributed by atoms with E-state index in [1.807, 2.05) is 38.1 Å². The summed E-state index contributed by atoms with van der Waals surface area (Å²) in [6, 6.07) is 7.89. The van der Waals surface area contributed by atoms with Crippen molar-refractivity contribution in [2.24, 2.45) is 11.1 Å². The van der Waals surface area contributed by atoms with Gasteiger partial charge in [0.2, 0.25) is 0 Å². The fraction of sp³-hybridized carbons (Fsp3) is 0.588. The van der Waals surface area contributed by atoms with Crippen LogP contribution in [0.4, 0.5) is 0 Å². The number of rotatable bonds is 7. The number of hydrogen-bond donors (Lipinski definition) is 1. The van der Waals surface area contributed by atoms with Gasteiger partial charge in [-0.25, -0.2) is 0 Å². The number of amides is 1. The maximum absolute atomic E-state index is 12.0. The third kappa shape index (κ3) is 5.76. The SMILES string of the molecule is CC(C)c1ccc(OCC(=O)N(C)CC(C)(C)CN)cc1. The van der Waals surface area contributed by atoms with E-state index in [1.165, 1.54) is 5.56 Å². The second-order valence-corrected chi connectivity index (χ2v) is 6.63. The van der Waals surface area contributed by atoms with Crippen LogP contribution < -0.4 is 10.5 Å². The van der Waals surface area contributed by atoms with Crippen LogP contribution >= 0.6 is 0 Å². The summed E-state index contributed by atoms with van der Waals surface area (Å²) in [5, 5.41) is 0. The summed E-state index contributed by atoms with van der Waals surface area (Å²) in [5.74, 6) is 1.18. The lowest BCUT2D eigenvalue weighted by atomic mass is 9.93. The van der Waals surface area contributed by atoms with Crippen molar-refractivity contribution < 1.29 is 9.53 Å². The Balaban J connectivity index is 2.49. The van der Waals surface area contributed by atoms with Gasteiger partial charge in [-0.1, -0.05) is 39.8 Å². The lowest BCUT2D eigenvalue weighted by Gasteiger charge is -2.29. The first-order valence-corrected chi connectivity index (χ1v) is 7.42. The Morgan fingerprint density at radius 1 is 1.29 bits per heavy atom. The molecule has 1 aromatic rings. The lowest BCUT2D eigenvalue weighted by Crippen LogP contribution is -2.41. The Morgan fingerprint density at radius 2 is 1.86 bits per heavy atom. The maximum atomic E-state index is 12.0. The number of nitrogens with two attached hydrogens (primary N) is 1. The molecule has 0 heterocycles. The molecule has 0 aromatic heterocycles. The van der Waals surface area contributed by atoms with Crippen LogP contribution in [-0.4, -0.2) is 37.6 Å². The molecule has 0 bridgehead atoms. The van der Waals surface area contributed by atoms with Crippen molar-refractivity contribution in [3.63, 3.8) is 0 Å². The fourth-order valence-corrected chi connectivity index (χ4v) is 2.00. The van der Waals surface area contributed by atoms with Crippen LogP contribution in [0, 0.1) is 5.41 Å². The highest BCUT2D eigenvalue weighted by Gasteiger charge is 2.21. The zero-order chi connectivity index (χ0) is 16.0. The first kappa shape index (κ1) is 17.5. The Labute approximate surface area is 128 Å². The molecule has 2 N–H and O–H groups in total. The minimum atomic E-state index is -0.0800. The Kier molecular flexibility index (Phi) is 6.21. The van der Waals surface area contributed by atoms with Gasteiger partial charge in [0, 0.05) is 13.6 Å². The highest BCUT2D eigenvalue weighted by atomic mass is 16.5. The summed E-state index contributed by atoms with van der Waals surface area (Å²) in [6.07, 6.45) is 0. The van der Waals surface area contributed by atoms with E-state index in [9.17, 15) is 4.79 Å². The van der Waals surface area contributed by atoms with Crippen LogP contribution in [-0.2, 0) is 4.79 Å². The molecule has 0 radical (unpaired) electrons. The van der Waals surface area contributed by atoms with E-state index >= 15 is 0 Å². The third-order valence-corrected chi connectivity index (χ3v) is 3.55. The molecule has 118 valence electrons. The molecule has 4 nitrogen and oxygen atoms in total. The zero-order valence-corrected chi connectivity index (χ0v) is 13.8. The number of nitrogens with zero attached hydrogens (tertiary/aromatic N) is 1. The lowest BCUT2D eigenvalue weighted by molar-refractivity contribution is -0.133. The second-order valence-electron chi connectivity index (χ2n) is 6.63. The standard InChI is InChI=1S/C17H28N2O2/c1-13(2)14-6-8-15(9-7-14)21-10-16(20)19(5)12-17(3,4)11-18/h6-9,13H,10-12,18H2,1-5H3. The van der Waals surface area contributed by atoms with Gasteiger partial charge >= 0.3 is 0 Å². The second kappa shape index (κ2) is 7.46. The molecule has 0 fully saturated rings. The van der Waals surface area contributed by atoms with Gasteiger partial charge in [0.05, 0.1) is 0 Å². The van der Waals surface area contributed by atoms with Crippen LogP contribution in [0.3, 0.4) is 0 Å². The van der Waals surface area contributed by atoms with Crippen molar-refractivity contribution >= 4 is 5.91 Å². The molecule has 4 heteroatoms. The van der Waals surface area contributed by atoms with Crippen molar-refractivity contribution in [1.29, 1.82) is 0 Å². The molecule has 0 atom stereocenters. The van der Waals surface area contributed by atoms with Crippen LogP contribution in [0.15, 0.2) is 24.3 Å². The highest BCUT2D eigenvalue weighted by Crippen LogP contribution is 2.19. The molecule has 0 aliphatic carbocycles. The van der Waals surface area contributed by atoms with Gasteiger partial charge in [0.25, 0.3) is 5.91 Å². The number of carbonyl (C=O) groups is 1. The summed E-state index contributed by atoms with van der Waals surface area (Å²) in [5.41, 5.74) is 6.87. The van der Waals surface area contributed by atoms with Crippen molar-refractivity contribution in [2.75, 3.05) is 26.7 Å². The molecule has 0 spiro atoms. The predicted molar refractivity (Wildman–Crippen MR) is 86.5 cm³/mol. The Morgan fingerprint density at radius 3 is 2.33 bits per heavy atom. The fourth-order valence-electron chi connectivity index (χ4n) is 2.00. The Bertz CT molecular complexity index is 452. The van der Waals surface area contributed by atoms with E-state index < -0.39 is 0 Å². The Hall–Kier alpha value is -1.55. The first-order chi connectivity index (χ1) is 9.75. The van der Waals surface area contributed by atoms with Gasteiger partial charge in [0.15, 0.2) is 6.61 Å². The van der Waals surface area contributed by atoms with Crippen LogP contribution in [0.2, 0.25) is 0 Å². The quantitative estimate of drug-likeness (QED) is 0.840. The number of benzene rings is 1. The van der Waals surface area contributed by atoms with Crippen LogP contribution in [0.1, 0.15) is 39.2 Å². The minimum Gasteiger partial charge on any atom is -0.484 e.